The van der Waals surface area contributed by atoms with Crippen LogP contribution in [0.4, 0.5) is 9.18 Å². The van der Waals surface area contributed by atoms with E-state index in [4.69, 9.17) is 0 Å². The third-order valence-electron chi connectivity index (χ3n) is 2.28. The fraction of sp³-hybridized carbons (Fsp3) is 0.462. The summed E-state index contributed by atoms with van der Waals surface area (Å²) in [5.41, 5.74) is 1.01. The van der Waals surface area contributed by atoms with Crippen molar-refractivity contribution < 1.29 is 9.18 Å². The van der Waals surface area contributed by atoms with Crippen molar-refractivity contribution in [2.75, 3.05) is 13.1 Å². The molecule has 0 aliphatic rings. The molecule has 0 aromatic heterocycles. The Labute approximate surface area is 101 Å². The van der Waals surface area contributed by atoms with Crippen molar-refractivity contribution in [3.8, 4) is 0 Å². The number of benzene rings is 1. The summed E-state index contributed by atoms with van der Waals surface area (Å²) in [7, 11) is 0. The zero-order valence-corrected chi connectivity index (χ0v) is 10.3. The number of hydrogen-bond donors (Lipinski definition) is 2. The lowest BCUT2D eigenvalue weighted by molar-refractivity contribution is 0.239. The molecule has 1 rings (SSSR count). The number of amides is 2. The summed E-state index contributed by atoms with van der Waals surface area (Å²) in [5.74, 6) is 0.203. The number of halogens is 1. The van der Waals surface area contributed by atoms with Gasteiger partial charge in [0.2, 0.25) is 0 Å². The summed E-state index contributed by atoms with van der Waals surface area (Å²) in [6.07, 6.45) is 0.704. The van der Waals surface area contributed by atoms with Crippen LogP contribution in [0, 0.1) is 11.7 Å². The largest absolute Gasteiger partial charge is 0.338 e. The molecule has 1 aromatic rings. The summed E-state index contributed by atoms with van der Waals surface area (Å²) in [6, 6.07) is 6.15. The smallest absolute Gasteiger partial charge is 0.314 e. The maximum Gasteiger partial charge on any atom is 0.314 e. The number of carbonyl (C=O) groups is 1. The predicted octanol–water partition coefficient (Wildman–Crippen LogP) is 2.32. The second-order valence-electron chi connectivity index (χ2n) is 4.41. The molecule has 4 heteroatoms. The van der Waals surface area contributed by atoms with Gasteiger partial charge in [0.1, 0.15) is 5.82 Å². The van der Waals surface area contributed by atoms with E-state index in [0.717, 1.165) is 5.56 Å². The Morgan fingerprint density at radius 2 is 1.88 bits per heavy atom. The minimum Gasteiger partial charge on any atom is -0.338 e. The van der Waals surface area contributed by atoms with Crippen molar-refractivity contribution in [2.45, 2.75) is 20.3 Å². The summed E-state index contributed by atoms with van der Waals surface area (Å²) < 4.78 is 12.6. The molecule has 0 spiro atoms. The van der Waals surface area contributed by atoms with Gasteiger partial charge in [-0.15, -0.1) is 0 Å². The average molecular weight is 238 g/mol. The summed E-state index contributed by atoms with van der Waals surface area (Å²) in [5, 5.41) is 5.52. The molecule has 0 atom stereocenters. The lowest BCUT2D eigenvalue weighted by atomic mass is 10.1. The first-order valence-electron chi connectivity index (χ1n) is 5.84. The maximum atomic E-state index is 12.6. The van der Waals surface area contributed by atoms with Crippen LogP contribution >= 0.6 is 0 Å². The van der Waals surface area contributed by atoms with Gasteiger partial charge in [-0.05, 0) is 30.0 Å². The monoisotopic (exact) mass is 238 g/mol. The number of rotatable bonds is 5. The van der Waals surface area contributed by atoms with Crippen LogP contribution in [0.25, 0.3) is 0 Å². The van der Waals surface area contributed by atoms with Gasteiger partial charge in [0.25, 0.3) is 0 Å². The SMILES string of the molecule is CC(C)CNC(=O)NCCc1ccc(F)cc1. The Kier molecular flexibility index (Phi) is 5.46. The Hall–Kier alpha value is -1.58. The molecule has 1 aromatic carbocycles. The molecule has 17 heavy (non-hydrogen) atoms. The molecule has 94 valence electrons. The molecule has 0 heterocycles. The molecule has 2 amide bonds. The van der Waals surface area contributed by atoms with E-state index >= 15 is 0 Å². The van der Waals surface area contributed by atoms with Crippen molar-refractivity contribution in [3.05, 3.63) is 35.6 Å². The highest BCUT2D eigenvalue weighted by molar-refractivity contribution is 5.73. The minimum absolute atomic E-state index is 0.152. The maximum absolute atomic E-state index is 12.6. The standard InChI is InChI=1S/C13H19FN2O/c1-10(2)9-16-13(17)15-8-7-11-3-5-12(14)6-4-11/h3-6,10H,7-9H2,1-2H3,(H2,15,16,17). The van der Waals surface area contributed by atoms with E-state index in [2.05, 4.69) is 10.6 Å². The molecular weight excluding hydrogens is 219 g/mol. The molecule has 0 fully saturated rings. The van der Waals surface area contributed by atoms with Gasteiger partial charge in [-0.3, -0.25) is 0 Å². The van der Waals surface area contributed by atoms with Crippen molar-refractivity contribution in [3.63, 3.8) is 0 Å². The van der Waals surface area contributed by atoms with E-state index in [9.17, 15) is 9.18 Å². The van der Waals surface area contributed by atoms with E-state index in [1.807, 2.05) is 13.8 Å². The van der Waals surface area contributed by atoms with Gasteiger partial charge >= 0.3 is 6.03 Å². The third-order valence-corrected chi connectivity index (χ3v) is 2.28. The van der Waals surface area contributed by atoms with Gasteiger partial charge in [0, 0.05) is 13.1 Å². The molecule has 3 nitrogen and oxygen atoms in total. The van der Waals surface area contributed by atoms with E-state index < -0.39 is 0 Å². The van der Waals surface area contributed by atoms with Gasteiger partial charge in [0.15, 0.2) is 0 Å². The molecular formula is C13H19FN2O. The Balaban J connectivity index is 2.19. The molecule has 0 saturated heterocycles. The van der Waals surface area contributed by atoms with Crippen LogP contribution in [0.3, 0.4) is 0 Å². The number of hydrogen-bond acceptors (Lipinski definition) is 1. The van der Waals surface area contributed by atoms with Crippen LogP contribution in [0.5, 0.6) is 0 Å². The van der Waals surface area contributed by atoms with Crippen molar-refractivity contribution in [2.24, 2.45) is 5.92 Å². The van der Waals surface area contributed by atoms with E-state index in [1.165, 1.54) is 12.1 Å². The summed E-state index contributed by atoms with van der Waals surface area (Å²) in [6.45, 7) is 5.30. The van der Waals surface area contributed by atoms with Crippen molar-refractivity contribution >= 4 is 6.03 Å². The summed E-state index contributed by atoms with van der Waals surface area (Å²) >= 11 is 0. The molecule has 0 aliphatic carbocycles. The van der Waals surface area contributed by atoms with Crippen LogP contribution in [0.15, 0.2) is 24.3 Å². The van der Waals surface area contributed by atoms with Crippen molar-refractivity contribution in [1.82, 2.24) is 10.6 Å². The zero-order chi connectivity index (χ0) is 12.7. The lowest BCUT2D eigenvalue weighted by Gasteiger charge is -2.09. The van der Waals surface area contributed by atoms with Crippen LogP contribution in [-0.4, -0.2) is 19.1 Å². The molecule has 0 saturated carbocycles. The first kappa shape index (κ1) is 13.5. The van der Waals surface area contributed by atoms with Crippen LogP contribution in [-0.2, 0) is 6.42 Å². The van der Waals surface area contributed by atoms with Gasteiger partial charge in [-0.2, -0.15) is 0 Å². The normalized spacial score (nSPS) is 10.4. The molecule has 0 bridgehead atoms. The second kappa shape index (κ2) is 6.89. The summed E-state index contributed by atoms with van der Waals surface area (Å²) in [4.78, 5) is 11.3. The van der Waals surface area contributed by atoms with Gasteiger partial charge < -0.3 is 10.6 Å². The van der Waals surface area contributed by atoms with Gasteiger partial charge in [0.05, 0.1) is 0 Å². The number of urea groups is 1. The molecule has 0 radical (unpaired) electrons. The van der Waals surface area contributed by atoms with E-state index in [-0.39, 0.29) is 11.8 Å². The third kappa shape index (κ3) is 5.90. The van der Waals surface area contributed by atoms with Crippen LogP contribution in [0.1, 0.15) is 19.4 Å². The highest BCUT2D eigenvalue weighted by Gasteiger charge is 2.00. The fourth-order valence-electron chi connectivity index (χ4n) is 1.33. The predicted molar refractivity (Wildman–Crippen MR) is 66.3 cm³/mol. The minimum atomic E-state index is -0.239. The Morgan fingerprint density at radius 3 is 2.47 bits per heavy atom. The van der Waals surface area contributed by atoms with Crippen LogP contribution < -0.4 is 10.6 Å². The first-order chi connectivity index (χ1) is 8.08. The Bertz CT molecular complexity index is 349. The number of nitrogens with one attached hydrogen (secondary N) is 2. The number of carbonyl (C=O) groups excluding carboxylic acids is 1. The average Bonchev–Trinajstić information content (AvgIpc) is 2.29. The van der Waals surface area contributed by atoms with E-state index in [0.29, 0.717) is 25.4 Å². The lowest BCUT2D eigenvalue weighted by Crippen LogP contribution is -2.38. The fourth-order valence-corrected chi connectivity index (χ4v) is 1.33. The quantitative estimate of drug-likeness (QED) is 0.812. The van der Waals surface area contributed by atoms with Crippen LogP contribution in [0.2, 0.25) is 0 Å². The van der Waals surface area contributed by atoms with Crippen molar-refractivity contribution in [1.29, 1.82) is 0 Å². The second-order valence-corrected chi connectivity index (χ2v) is 4.41. The molecule has 2 N–H and O–H groups in total. The highest BCUT2D eigenvalue weighted by Crippen LogP contribution is 2.02. The van der Waals surface area contributed by atoms with E-state index in [1.54, 1.807) is 12.1 Å². The Morgan fingerprint density at radius 1 is 1.24 bits per heavy atom. The van der Waals surface area contributed by atoms with Gasteiger partial charge in [-0.25, -0.2) is 9.18 Å². The first-order valence-corrected chi connectivity index (χ1v) is 5.84. The molecule has 0 unspecified atom stereocenters. The zero-order valence-electron chi connectivity index (χ0n) is 10.3. The van der Waals surface area contributed by atoms with Gasteiger partial charge in [-0.1, -0.05) is 26.0 Å². The topological polar surface area (TPSA) is 41.1 Å². The highest BCUT2D eigenvalue weighted by atomic mass is 19.1. The molecule has 0 aliphatic heterocycles.